The maximum absolute atomic E-state index is 12.8. The molecule has 1 saturated carbocycles. The molecule has 1 aliphatic rings. The lowest BCUT2D eigenvalue weighted by molar-refractivity contribution is -0.119. The number of aryl methyl sites for hydroxylation is 1. The van der Waals surface area contributed by atoms with Gasteiger partial charge in [0, 0.05) is 11.7 Å². The number of primary amides is 1. The van der Waals surface area contributed by atoms with Crippen molar-refractivity contribution in [3.8, 4) is 0 Å². The third-order valence-electron chi connectivity index (χ3n) is 4.09. The summed E-state index contributed by atoms with van der Waals surface area (Å²) in [4.78, 5) is 25.7. The van der Waals surface area contributed by atoms with Gasteiger partial charge in [-0.05, 0) is 46.6 Å². The molecule has 0 bridgehead atoms. The molecular formula is C16H26N4O2. The van der Waals surface area contributed by atoms with E-state index in [1.165, 1.54) is 0 Å². The average molecular weight is 306 g/mol. The molecule has 0 aliphatic heterocycles. The van der Waals surface area contributed by atoms with Crippen LogP contribution in [0.2, 0.25) is 0 Å². The second-order valence-electron chi connectivity index (χ2n) is 7.09. The van der Waals surface area contributed by atoms with Crippen molar-refractivity contribution in [2.75, 3.05) is 6.54 Å². The Morgan fingerprint density at radius 3 is 2.41 bits per heavy atom. The number of carbonyl (C=O) groups is 2. The van der Waals surface area contributed by atoms with Crippen LogP contribution in [0.4, 0.5) is 0 Å². The molecule has 1 fully saturated rings. The Hall–Kier alpha value is -1.85. The molecule has 0 unspecified atom stereocenters. The Morgan fingerprint density at radius 2 is 1.95 bits per heavy atom. The maximum Gasteiger partial charge on any atom is 0.275 e. The SMILES string of the molecule is Cc1cc(C(=O)N(CC(N)=O)C2CCCC2)nn1C(C)(C)C. The van der Waals surface area contributed by atoms with Gasteiger partial charge in [-0.1, -0.05) is 12.8 Å². The fourth-order valence-electron chi connectivity index (χ4n) is 3.16. The number of hydrogen-bond donors (Lipinski definition) is 1. The molecule has 2 rings (SSSR count). The summed E-state index contributed by atoms with van der Waals surface area (Å²) < 4.78 is 1.84. The fourth-order valence-corrected chi connectivity index (χ4v) is 3.16. The Balaban J connectivity index is 2.28. The molecule has 1 heterocycles. The summed E-state index contributed by atoms with van der Waals surface area (Å²) in [5.41, 5.74) is 6.45. The minimum atomic E-state index is -0.479. The Morgan fingerprint density at radius 1 is 1.36 bits per heavy atom. The van der Waals surface area contributed by atoms with Crippen molar-refractivity contribution in [1.29, 1.82) is 0 Å². The van der Waals surface area contributed by atoms with Crippen molar-refractivity contribution in [3.05, 3.63) is 17.5 Å². The van der Waals surface area contributed by atoms with Gasteiger partial charge in [-0.15, -0.1) is 0 Å². The molecule has 22 heavy (non-hydrogen) atoms. The van der Waals surface area contributed by atoms with E-state index in [0.717, 1.165) is 31.4 Å². The molecule has 1 aliphatic carbocycles. The molecule has 122 valence electrons. The molecule has 0 saturated heterocycles. The lowest BCUT2D eigenvalue weighted by Gasteiger charge is -2.27. The number of nitrogens with two attached hydrogens (primary N) is 1. The van der Waals surface area contributed by atoms with Crippen LogP contribution in [0.15, 0.2) is 6.07 Å². The largest absolute Gasteiger partial charge is 0.368 e. The molecule has 6 heteroatoms. The summed E-state index contributed by atoms with van der Waals surface area (Å²) in [7, 11) is 0. The summed E-state index contributed by atoms with van der Waals surface area (Å²) in [6.07, 6.45) is 4.03. The zero-order chi connectivity index (χ0) is 16.5. The molecule has 0 aromatic carbocycles. The normalized spacial score (nSPS) is 16.0. The van der Waals surface area contributed by atoms with Crippen LogP contribution in [0.5, 0.6) is 0 Å². The number of rotatable bonds is 4. The second kappa shape index (κ2) is 6.10. The summed E-state index contributed by atoms with van der Waals surface area (Å²) in [5, 5.41) is 4.45. The Bertz CT molecular complexity index is 565. The van der Waals surface area contributed by atoms with Crippen LogP contribution in [-0.4, -0.2) is 39.1 Å². The van der Waals surface area contributed by atoms with Crippen molar-refractivity contribution in [1.82, 2.24) is 14.7 Å². The molecule has 0 radical (unpaired) electrons. The van der Waals surface area contributed by atoms with E-state index in [1.54, 1.807) is 11.0 Å². The number of nitrogens with zero attached hydrogens (tertiary/aromatic N) is 3. The quantitative estimate of drug-likeness (QED) is 0.921. The summed E-state index contributed by atoms with van der Waals surface area (Å²) >= 11 is 0. The monoisotopic (exact) mass is 306 g/mol. The number of amides is 2. The van der Waals surface area contributed by atoms with E-state index in [1.807, 2.05) is 32.4 Å². The summed E-state index contributed by atoms with van der Waals surface area (Å²) in [6, 6.07) is 1.89. The van der Waals surface area contributed by atoms with E-state index in [9.17, 15) is 9.59 Å². The summed E-state index contributed by atoms with van der Waals surface area (Å²) in [6.45, 7) is 8.02. The van der Waals surface area contributed by atoms with Crippen LogP contribution in [0, 0.1) is 6.92 Å². The topological polar surface area (TPSA) is 81.2 Å². The van der Waals surface area contributed by atoms with Crippen molar-refractivity contribution < 1.29 is 9.59 Å². The Labute approximate surface area is 131 Å². The van der Waals surface area contributed by atoms with Crippen LogP contribution in [0.25, 0.3) is 0 Å². The van der Waals surface area contributed by atoms with Crippen molar-refractivity contribution in [2.24, 2.45) is 5.73 Å². The molecule has 2 amide bonds. The van der Waals surface area contributed by atoms with E-state index < -0.39 is 5.91 Å². The highest BCUT2D eigenvalue weighted by atomic mass is 16.2. The minimum Gasteiger partial charge on any atom is -0.368 e. The minimum absolute atomic E-state index is 0.0368. The second-order valence-corrected chi connectivity index (χ2v) is 7.09. The lowest BCUT2D eigenvalue weighted by atomic mass is 10.1. The smallest absolute Gasteiger partial charge is 0.275 e. The predicted octanol–water partition coefficient (Wildman–Crippen LogP) is 1.82. The lowest BCUT2D eigenvalue weighted by Crippen LogP contribution is -2.44. The molecular weight excluding hydrogens is 280 g/mol. The summed E-state index contributed by atoms with van der Waals surface area (Å²) in [5.74, 6) is -0.677. The van der Waals surface area contributed by atoms with E-state index in [0.29, 0.717) is 5.69 Å². The third kappa shape index (κ3) is 3.48. The molecule has 6 nitrogen and oxygen atoms in total. The fraction of sp³-hybridized carbons (Fsp3) is 0.688. The first-order valence-corrected chi connectivity index (χ1v) is 7.86. The first kappa shape index (κ1) is 16.5. The van der Waals surface area contributed by atoms with Gasteiger partial charge in [-0.25, -0.2) is 0 Å². The molecule has 1 aromatic heterocycles. The first-order chi connectivity index (χ1) is 10.2. The van der Waals surface area contributed by atoms with Gasteiger partial charge in [0.15, 0.2) is 5.69 Å². The van der Waals surface area contributed by atoms with Crippen LogP contribution in [0.3, 0.4) is 0 Å². The zero-order valence-electron chi connectivity index (χ0n) is 13.9. The van der Waals surface area contributed by atoms with Gasteiger partial charge in [0.05, 0.1) is 12.1 Å². The van der Waals surface area contributed by atoms with Gasteiger partial charge in [0.1, 0.15) is 0 Å². The van der Waals surface area contributed by atoms with Crippen molar-refractivity contribution in [2.45, 2.75) is 65.0 Å². The van der Waals surface area contributed by atoms with E-state index in [2.05, 4.69) is 5.10 Å². The van der Waals surface area contributed by atoms with Crippen molar-refractivity contribution >= 4 is 11.8 Å². The van der Waals surface area contributed by atoms with E-state index in [4.69, 9.17) is 5.73 Å². The first-order valence-electron chi connectivity index (χ1n) is 7.86. The zero-order valence-corrected chi connectivity index (χ0v) is 13.9. The number of hydrogen-bond acceptors (Lipinski definition) is 3. The molecule has 0 spiro atoms. The average Bonchev–Trinajstić information content (AvgIpc) is 3.02. The Kier molecular flexibility index (Phi) is 4.58. The van der Waals surface area contributed by atoms with E-state index in [-0.39, 0.29) is 24.0 Å². The standard InChI is InChI=1S/C16H26N4O2/c1-11-9-13(18-20(11)16(2,3)4)15(22)19(10-14(17)21)12-7-5-6-8-12/h9,12H,5-8,10H2,1-4H3,(H2,17,21). The van der Waals surface area contributed by atoms with Gasteiger partial charge < -0.3 is 10.6 Å². The maximum atomic E-state index is 12.8. The van der Waals surface area contributed by atoms with Crippen molar-refractivity contribution in [3.63, 3.8) is 0 Å². The van der Waals surface area contributed by atoms with Gasteiger partial charge in [0.25, 0.3) is 5.91 Å². The molecule has 0 atom stereocenters. The van der Waals surface area contributed by atoms with Crippen LogP contribution in [-0.2, 0) is 10.3 Å². The van der Waals surface area contributed by atoms with Crippen LogP contribution < -0.4 is 5.73 Å². The van der Waals surface area contributed by atoms with Gasteiger partial charge in [-0.2, -0.15) is 5.10 Å². The van der Waals surface area contributed by atoms with Crippen LogP contribution >= 0.6 is 0 Å². The number of aromatic nitrogens is 2. The molecule has 2 N–H and O–H groups in total. The third-order valence-corrected chi connectivity index (χ3v) is 4.09. The van der Waals surface area contributed by atoms with Gasteiger partial charge in [0.2, 0.25) is 5.91 Å². The predicted molar refractivity (Wildman–Crippen MR) is 84.4 cm³/mol. The van der Waals surface area contributed by atoms with Gasteiger partial charge >= 0.3 is 0 Å². The highest BCUT2D eigenvalue weighted by Crippen LogP contribution is 2.25. The number of carbonyl (C=O) groups excluding carboxylic acids is 2. The highest BCUT2D eigenvalue weighted by Gasteiger charge is 2.30. The molecule has 1 aromatic rings. The highest BCUT2D eigenvalue weighted by molar-refractivity contribution is 5.95. The van der Waals surface area contributed by atoms with E-state index >= 15 is 0 Å². The van der Waals surface area contributed by atoms with Crippen LogP contribution in [0.1, 0.15) is 62.6 Å². The van der Waals surface area contributed by atoms with Gasteiger partial charge in [-0.3, -0.25) is 14.3 Å².